The molecule has 0 saturated carbocycles. The van der Waals surface area contributed by atoms with Gasteiger partial charge in [0.1, 0.15) is 6.10 Å². The smallest absolute Gasteiger partial charge is 0.225 e. The second-order valence-corrected chi connectivity index (χ2v) is 8.58. The van der Waals surface area contributed by atoms with Crippen LogP contribution in [0, 0.1) is 0 Å². The van der Waals surface area contributed by atoms with E-state index in [2.05, 4.69) is 53.6 Å². The van der Waals surface area contributed by atoms with Gasteiger partial charge in [0.15, 0.2) is 5.96 Å². The van der Waals surface area contributed by atoms with Gasteiger partial charge in [0, 0.05) is 74.8 Å². The molecule has 3 aromatic rings. The van der Waals surface area contributed by atoms with E-state index in [4.69, 9.17) is 0 Å². The minimum atomic E-state index is -0.566. The molecule has 2 aromatic heterocycles. The number of thiophene rings is 1. The topological polar surface area (TPSA) is 88.9 Å². The molecule has 0 radical (unpaired) electrons. The third-order valence-corrected chi connectivity index (χ3v) is 6.60. The molecule has 172 valence electrons. The van der Waals surface area contributed by atoms with Crippen molar-refractivity contribution in [3.8, 4) is 0 Å². The number of piperazine rings is 1. The molecule has 4 rings (SSSR count). The Morgan fingerprint density at radius 3 is 2.59 bits per heavy atom. The zero-order valence-corrected chi connectivity index (χ0v) is 21.3. The fourth-order valence-electron chi connectivity index (χ4n) is 3.64. The van der Waals surface area contributed by atoms with Gasteiger partial charge in [0.05, 0.1) is 0 Å². The first-order valence-electron chi connectivity index (χ1n) is 10.6. The number of nitrogens with one attached hydrogen (secondary N) is 2. The molecule has 1 fully saturated rings. The Morgan fingerprint density at radius 1 is 1.12 bits per heavy atom. The first-order valence-corrected chi connectivity index (χ1v) is 11.4. The maximum absolute atomic E-state index is 10.6. The largest absolute Gasteiger partial charge is 0.386 e. The van der Waals surface area contributed by atoms with Crippen LogP contribution in [-0.2, 0) is 0 Å². The van der Waals surface area contributed by atoms with E-state index in [-0.39, 0.29) is 24.0 Å². The van der Waals surface area contributed by atoms with Crippen molar-refractivity contribution in [1.82, 2.24) is 25.5 Å². The number of aromatic nitrogens is 2. The van der Waals surface area contributed by atoms with Gasteiger partial charge >= 0.3 is 0 Å². The van der Waals surface area contributed by atoms with E-state index in [1.165, 1.54) is 10.1 Å². The number of aliphatic imine (C=N–C) groups is 1. The molecule has 0 aliphatic carbocycles. The highest BCUT2D eigenvalue weighted by molar-refractivity contribution is 14.0. The van der Waals surface area contributed by atoms with Gasteiger partial charge in [0.25, 0.3) is 0 Å². The van der Waals surface area contributed by atoms with Crippen molar-refractivity contribution in [1.29, 1.82) is 0 Å². The predicted molar refractivity (Wildman–Crippen MR) is 142 cm³/mol. The van der Waals surface area contributed by atoms with Crippen molar-refractivity contribution in [3.63, 3.8) is 0 Å². The summed E-state index contributed by atoms with van der Waals surface area (Å²) in [6.45, 7) is 5.97. The monoisotopic (exact) mass is 567 g/mol. The summed E-state index contributed by atoms with van der Waals surface area (Å²) in [6.07, 6.45) is 3.01. The number of benzene rings is 1. The Kier molecular flexibility index (Phi) is 9.45. The summed E-state index contributed by atoms with van der Waals surface area (Å²) in [4.78, 5) is 18.5. The summed E-state index contributed by atoms with van der Waals surface area (Å²) in [7, 11) is 1.75. The molecule has 0 amide bonds. The van der Waals surface area contributed by atoms with Crippen LogP contribution in [0.4, 0.5) is 5.95 Å². The second-order valence-electron chi connectivity index (χ2n) is 7.46. The second kappa shape index (κ2) is 12.3. The lowest BCUT2D eigenvalue weighted by molar-refractivity contribution is 0.184. The summed E-state index contributed by atoms with van der Waals surface area (Å²) in [5, 5.41) is 18.3. The molecule has 1 aromatic carbocycles. The fourth-order valence-corrected chi connectivity index (χ4v) is 4.69. The van der Waals surface area contributed by atoms with E-state index in [9.17, 15) is 5.11 Å². The predicted octanol–water partition coefficient (Wildman–Crippen LogP) is 2.33. The summed E-state index contributed by atoms with van der Waals surface area (Å²) in [6, 6.07) is 12.1. The number of anilines is 1. The molecule has 1 unspecified atom stereocenters. The van der Waals surface area contributed by atoms with Gasteiger partial charge < -0.3 is 20.6 Å². The lowest BCUT2D eigenvalue weighted by Crippen LogP contribution is -2.49. The molecule has 1 aliphatic rings. The highest BCUT2D eigenvalue weighted by Crippen LogP contribution is 2.29. The normalized spacial score (nSPS) is 15.9. The van der Waals surface area contributed by atoms with Crippen LogP contribution in [0.2, 0.25) is 0 Å². The maximum Gasteiger partial charge on any atom is 0.225 e. The minimum absolute atomic E-state index is 0. The lowest BCUT2D eigenvalue weighted by Gasteiger charge is -2.34. The van der Waals surface area contributed by atoms with Gasteiger partial charge in [-0.15, -0.1) is 35.3 Å². The number of rotatable bonds is 7. The molecule has 10 heteroatoms. The molecule has 1 saturated heterocycles. The maximum atomic E-state index is 10.6. The highest BCUT2D eigenvalue weighted by Gasteiger charge is 2.18. The Morgan fingerprint density at radius 2 is 1.88 bits per heavy atom. The SMILES string of the molecule is CN=C(NCCN1CCN(c2ncccn2)CC1)NCC(O)c1cc2ccccc2s1.I. The molecular formula is C22H30IN7OS. The number of hydrogen-bond acceptors (Lipinski definition) is 7. The first-order chi connectivity index (χ1) is 15.2. The van der Waals surface area contributed by atoms with Crippen LogP contribution in [-0.4, -0.2) is 78.8 Å². The number of aliphatic hydroxyl groups is 1. The third-order valence-electron chi connectivity index (χ3n) is 5.39. The lowest BCUT2D eigenvalue weighted by atomic mass is 10.2. The van der Waals surface area contributed by atoms with Crippen molar-refractivity contribution >= 4 is 57.3 Å². The quantitative estimate of drug-likeness (QED) is 0.230. The number of guanidine groups is 1. The molecule has 0 spiro atoms. The van der Waals surface area contributed by atoms with Gasteiger partial charge in [-0.1, -0.05) is 18.2 Å². The van der Waals surface area contributed by atoms with Crippen molar-refractivity contribution in [3.05, 3.63) is 53.7 Å². The van der Waals surface area contributed by atoms with Gasteiger partial charge in [0.2, 0.25) is 5.95 Å². The van der Waals surface area contributed by atoms with E-state index < -0.39 is 6.10 Å². The zero-order valence-electron chi connectivity index (χ0n) is 18.1. The van der Waals surface area contributed by atoms with Crippen molar-refractivity contribution in [2.75, 3.05) is 57.8 Å². The zero-order chi connectivity index (χ0) is 21.5. The summed E-state index contributed by atoms with van der Waals surface area (Å²) < 4.78 is 1.19. The number of fused-ring (bicyclic) bond motifs is 1. The average Bonchev–Trinajstić information content (AvgIpc) is 3.26. The van der Waals surface area contributed by atoms with Crippen LogP contribution in [0.1, 0.15) is 11.0 Å². The first kappa shape index (κ1) is 24.6. The van der Waals surface area contributed by atoms with Crippen molar-refractivity contribution in [2.24, 2.45) is 4.99 Å². The summed E-state index contributed by atoms with van der Waals surface area (Å²) in [5.41, 5.74) is 0. The van der Waals surface area contributed by atoms with E-state index in [0.29, 0.717) is 12.5 Å². The average molecular weight is 568 g/mol. The van der Waals surface area contributed by atoms with E-state index >= 15 is 0 Å². The summed E-state index contributed by atoms with van der Waals surface area (Å²) in [5.74, 6) is 1.51. The molecule has 3 heterocycles. The molecule has 3 N–H and O–H groups in total. The molecule has 1 aliphatic heterocycles. The van der Waals surface area contributed by atoms with Gasteiger partial charge in [-0.05, 0) is 23.6 Å². The van der Waals surface area contributed by atoms with E-state index in [0.717, 1.165) is 50.1 Å². The highest BCUT2D eigenvalue weighted by atomic mass is 127. The number of nitrogens with zero attached hydrogens (tertiary/aromatic N) is 5. The minimum Gasteiger partial charge on any atom is -0.386 e. The fraction of sp³-hybridized carbons (Fsp3) is 0.409. The molecular weight excluding hydrogens is 537 g/mol. The van der Waals surface area contributed by atoms with Gasteiger partial charge in [-0.2, -0.15) is 0 Å². The number of hydrogen-bond donors (Lipinski definition) is 3. The van der Waals surface area contributed by atoms with Crippen molar-refractivity contribution < 1.29 is 5.11 Å². The van der Waals surface area contributed by atoms with Gasteiger partial charge in [-0.25, -0.2) is 9.97 Å². The number of aliphatic hydroxyl groups excluding tert-OH is 1. The van der Waals surface area contributed by atoms with Crippen LogP contribution in [0.25, 0.3) is 10.1 Å². The number of halogens is 1. The van der Waals surface area contributed by atoms with Crippen LogP contribution < -0.4 is 15.5 Å². The molecule has 1 atom stereocenters. The standard InChI is InChI=1S/C22H29N7OS.HI/c1-23-21(27-16-18(30)20-15-17-5-2-3-6-19(17)31-20)24-9-10-28-11-13-29(14-12-28)22-25-7-4-8-26-22;/h2-8,15,18,30H,9-14,16H2,1H3,(H2,23,24,27);1H. The van der Waals surface area contributed by atoms with Gasteiger partial charge in [-0.3, -0.25) is 9.89 Å². The Hall–Kier alpha value is -2.02. The van der Waals surface area contributed by atoms with Crippen LogP contribution >= 0.6 is 35.3 Å². The Labute approximate surface area is 209 Å². The molecule has 8 nitrogen and oxygen atoms in total. The van der Waals surface area contributed by atoms with Crippen LogP contribution in [0.15, 0.2) is 53.8 Å². The van der Waals surface area contributed by atoms with Crippen LogP contribution in [0.3, 0.4) is 0 Å². The van der Waals surface area contributed by atoms with E-state index in [1.54, 1.807) is 30.8 Å². The Balaban J connectivity index is 0.00000289. The van der Waals surface area contributed by atoms with Crippen LogP contribution in [0.5, 0.6) is 0 Å². The summed E-state index contributed by atoms with van der Waals surface area (Å²) >= 11 is 1.63. The van der Waals surface area contributed by atoms with E-state index in [1.807, 2.05) is 18.2 Å². The Bertz CT molecular complexity index is 959. The molecule has 0 bridgehead atoms. The third kappa shape index (κ3) is 6.50. The molecule has 32 heavy (non-hydrogen) atoms. The van der Waals surface area contributed by atoms with Crippen molar-refractivity contribution in [2.45, 2.75) is 6.10 Å².